The standard InChI is InChI=1S/C7H12N2O/c1-5-4-8-9(6(5)2)7(3)10/h4,7,10H,1-3H3. The predicted octanol–water partition coefficient (Wildman–Crippen LogP) is 1.01. The summed E-state index contributed by atoms with van der Waals surface area (Å²) in [5.74, 6) is 0. The topological polar surface area (TPSA) is 38.0 Å². The van der Waals surface area contributed by atoms with Crippen molar-refractivity contribution >= 4 is 0 Å². The van der Waals surface area contributed by atoms with E-state index in [1.807, 2.05) is 13.8 Å². The number of rotatable bonds is 1. The van der Waals surface area contributed by atoms with Crippen molar-refractivity contribution in [2.45, 2.75) is 27.0 Å². The first-order valence-electron chi connectivity index (χ1n) is 3.31. The van der Waals surface area contributed by atoms with Gasteiger partial charge in [-0.05, 0) is 26.3 Å². The second kappa shape index (κ2) is 2.42. The van der Waals surface area contributed by atoms with Gasteiger partial charge in [-0.15, -0.1) is 0 Å². The van der Waals surface area contributed by atoms with Gasteiger partial charge in [-0.3, -0.25) is 0 Å². The van der Waals surface area contributed by atoms with Crippen LogP contribution < -0.4 is 0 Å². The Morgan fingerprint density at radius 3 is 2.40 bits per heavy atom. The van der Waals surface area contributed by atoms with Crippen molar-refractivity contribution in [2.75, 3.05) is 0 Å². The molecule has 1 N–H and O–H groups in total. The molecule has 0 fully saturated rings. The summed E-state index contributed by atoms with van der Waals surface area (Å²) < 4.78 is 1.59. The van der Waals surface area contributed by atoms with Crippen molar-refractivity contribution in [2.24, 2.45) is 0 Å². The van der Waals surface area contributed by atoms with E-state index in [1.165, 1.54) is 0 Å². The van der Waals surface area contributed by atoms with Gasteiger partial charge >= 0.3 is 0 Å². The third-order valence-corrected chi connectivity index (χ3v) is 1.64. The molecule has 1 rings (SSSR count). The van der Waals surface area contributed by atoms with Gasteiger partial charge in [-0.2, -0.15) is 5.10 Å². The largest absolute Gasteiger partial charge is 0.372 e. The normalized spacial score (nSPS) is 13.6. The summed E-state index contributed by atoms with van der Waals surface area (Å²) in [4.78, 5) is 0. The monoisotopic (exact) mass is 140 g/mol. The van der Waals surface area contributed by atoms with Crippen LogP contribution in [0.2, 0.25) is 0 Å². The molecule has 0 saturated carbocycles. The van der Waals surface area contributed by atoms with Crippen molar-refractivity contribution < 1.29 is 5.11 Å². The molecular weight excluding hydrogens is 128 g/mol. The molecule has 0 spiro atoms. The van der Waals surface area contributed by atoms with E-state index in [4.69, 9.17) is 5.11 Å². The molecule has 0 saturated heterocycles. The molecule has 0 aliphatic heterocycles. The molecule has 3 heteroatoms. The number of hydrogen-bond acceptors (Lipinski definition) is 2. The summed E-state index contributed by atoms with van der Waals surface area (Å²) in [7, 11) is 0. The van der Waals surface area contributed by atoms with Crippen LogP contribution in [0.4, 0.5) is 0 Å². The Labute approximate surface area is 60.3 Å². The molecule has 0 aliphatic rings. The first kappa shape index (κ1) is 7.28. The van der Waals surface area contributed by atoms with E-state index >= 15 is 0 Å². The Hall–Kier alpha value is -0.830. The fraction of sp³-hybridized carbons (Fsp3) is 0.571. The van der Waals surface area contributed by atoms with Gasteiger partial charge < -0.3 is 5.11 Å². The number of aromatic nitrogens is 2. The Balaban J connectivity index is 3.05. The Morgan fingerprint density at radius 2 is 2.20 bits per heavy atom. The van der Waals surface area contributed by atoms with Crippen LogP contribution in [0.15, 0.2) is 6.20 Å². The lowest BCUT2D eigenvalue weighted by atomic mass is 10.3. The zero-order chi connectivity index (χ0) is 7.72. The van der Waals surface area contributed by atoms with Gasteiger partial charge in [0.25, 0.3) is 0 Å². The van der Waals surface area contributed by atoms with Crippen molar-refractivity contribution in [3.8, 4) is 0 Å². The average Bonchev–Trinajstić information content (AvgIpc) is 2.14. The maximum Gasteiger partial charge on any atom is 0.144 e. The first-order valence-corrected chi connectivity index (χ1v) is 3.31. The van der Waals surface area contributed by atoms with Crippen LogP contribution in [0.5, 0.6) is 0 Å². The highest BCUT2D eigenvalue weighted by Crippen LogP contribution is 2.08. The van der Waals surface area contributed by atoms with Gasteiger partial charge in [-0.1, -0.05) is 0 Å². The summed E-state index contributed by atoms with van der Waals surface area (Å²) in [5, 5.41) is 13.1. The fourth-order valence-corrected chi connectivity index (χ4v) is 0.886. The van der Waals surface area contributed by atoms with Crippen molar-refractivity contribution in [1.29, 1.82) is 0 Å². The summed E-state index contributed by atoms with van der Waals surface area (Å²) in [6.45, 7) is 5.61. The maximum atomic E-state index is 9.12. The van der Waals surface area contributed by atoms with E-state index in [0.29, 0.717) is 0 Å². The lowest BCUT2D eigenvalue weighted by molar-refractivity contribution is 0.108. The molecule has 56 valence electrons. The van der Waals surface area contributed by atoms with E-state index in [1.54, 1.807) is 17.8 Å². The minimum atomic E-state index is -0.520. The highest BCUT2D eigenvalue weighted by Gasteiger charge is 2.04. The lowest BCUT2D eigenvalue weighted by Gasteiger charge is -2.06. The highest BCUT2D eigenvalue weighted by molar-refractivity contribution is 5.13. The van der Waals surface area contributed by atoms with Gasteiger partial charge in [0.05, 0.1) is 6.20 Å². The molecule has 0 bridgehead atoms. The Kier molecular flexibility index (Phi) is 1.76. The molecule has 1 unspecified atom stereocenters. The molecule has 0 aliphatic carbocycles. The molecule has 1 heterocycles. The second-order valence-corrected chi connectivity index (χ2v) is 2.49. The van der Waals surface area contributed by atoms with Crippen LogP contribution >= 0.6 is 0 Å². The number of aliphatic hydroxyl groups is 1. The van der Waals surface area contributed by atoms with Gasteiger partial charge in [0.1, 0.15) is 6.23 Å². The molecule has 0 aromatic carbocycles. The predicted molar refractivity (Wildman–Crippen MR) is 38.6 cm³/mol. The van der Waals surface area contributed by atoms with Gasteiger partial charge in [0.2, 0.25) is 0 Å². The van der Waals surface area contributed by atoms with Crippen molar-refractivity contribution in [3.63, 3.8) is 0 Å². The van der Waals surface area contributed by atoms with E-state index in [0.717, 1.165) is 11.3 Å². The molecule has 0 radical (unpaired) electrons. The SMILES string of the molecule is Cc1cnn(C(C)O)c1C. The van der Waals surface area contributed by atoms with Gasteiger partial charge in [-0.25, -0.2) is 4.68 Å². The van der Waals surface area contributed by atoms with E-state index in [2.05, 4.69) is 5.10 Å². The van der Waals surface area contributed by atoms with E-state index < -0.39 is 6.23 Å². The average molecular weight is 140 g/mol. The molecule has 1 atom stereocenters. The fourth-order valence-electron chi connectivity index (χ4n) is 0.886. The number of hydrogen-bond donors (Lipinski definition) is 1. The third kappa shape index (κ3) is 1.04. The number of aryl methyl sites for hydroxylation is 1. The van der Waals surface area contributed by atoms with Crippen molar-refractivity contribution in [3.05, 3.63) is 17.5 Å². The Morgan fingerprint density at radius 1 is 1.60 bits per heavy atom. The van der Waals surface area contributed by atoms with Crippen LogP contribution in [0.25, 0.3) is 0 Å². The smallest absolute Gasteiger partial charge is 0.144 e. The van der Waals surface area contributed by atoms with Gasteiger partial charge in [0.15, 0.2) is 0 Å². The quantitative estimate of drug-likeness (QED) is 0.632. The van der Waals surface area contributed by atoms with Crippen LogP contribution in [-0.2, 0) is 0 Å². The minimum Gasteiger partial charge on any atom is -0.372 e. The lowest BCUT2D eigenvalue weighted by Crippen LogP contribution is -2.07. The van der Waals surface area contributed by atoms with Crippen molar-refractivity contribution in [1.82, 2.24) is 9.78 Å². The molecule has 1 aromatic heterocycles. The first-order chi connectivity index (χ1) is 4.63. The molecular formula is C7H12N2O. The second-order valence-electron chi connectivity index (χ2n) is 2.49. The van der Waals surface area contributed by atoms with Crippen LogP contribution in [-0.4, -0.2) is 14.9 Å². The highest BCUT2D eigenvalue weighted by atomic mass is 16.3. The maximum absolute atomic E-state index is 9.12. The van der Waals surface area contributed by atoms with E-state index in [9.17, 15) is 0 Å². The van der Waals surface area contributed by atoms with Crippen LogP contribution in [0.1, 0.15) is 24.4 Å². The third-order valence-electron chi connectivity index (χ3n) is 1.64. The molecule has 3 nitrogen and oxygen atoms in total. The summed E-state index contributed by atoms with van der Waals surface area (Å²) in [6, 6.07) is 0. The Bertz CT molecular complexity index is 228. The molecule has 1 aromatic rings. The number of aliphatic hydroxyl groups excluding tert-OH is 1. The summed E-state index contributed by atoms with van der Waals surface area (Å²) >= 11 is 0. The summed E-state index contributed by atoms with van der Waals surface area (Å²) in [5.41, 5.74) is 2.14. The zero-order valence-electron chi connectivity index (χ0n) is 6.50. The van der Waals surface area contributed by atoms with Gasteiger partial charge in [0, 0.05) is 5.69 Å². The zero-order valence-corrected chi connectivity index (χ0v) is 6.50. The van der Waals surface area contributed by atoms with E-state index in [-0.39, 0.29) is 0 Å². The molecule has 10 heavy (non-hydrogen) atoms. The van der Waals surface area contributed by atoms with Crippen LogP contribution in [0.3, 0.4) is 0 Å². The summed E-state index contributed by atoms with van der Waals surface area (Å²) in [6.07, 6.45) is 1.23. The number of nitrogens with zero attached hydrogens (tertiary/aromatic N) is 2. The molecule has 0 amide bonds. The minimum absolute atomic E-state index is 0.520. The van der Waals surface area contributed by atoms with Crippen LogP contribution in [0, 0.1) is 13.8 Å².